The molecule has 2 aliphatic rings. The fraction of sp³-hybridized carbons (Fsp3) is 0.0833. The predicted octanol–water partition coefficient (Wildman–Crippen LogP) is 11.8. The van der Waals surface area contributed by atoms with E-state index >= 15 is 0 Å². The molecule has 5 heteroatoms. The molecule has 9 rings (SSSR count). The summed E-state index contributed by atoms with van der Waals surface area (Å²) in [5.41, 5.74) is 19.9. The van der Waals surface area contributed by atoms with E-state index < -0.39 is 0 Å². The topological polar surface area (TPSA) is 54.0 Å². The van der Waals surface area contributed by atoms with Crippen molar-refractivity contribution in [1.29, 1.82) is 0 Å². The van der Waals surface area contributed by atoms with Crippen LogP contribution < -0.4 is 9.97 Å². The first kappa shape index (κ1) is 34.1. The molecule has 0 atom stereocenters. The van der Waals surface area contributed by atoms with Crippen LogP contribution in [0, 0.1) is 27.7 Å². The Morgan fingerprint density at radius 2 is 0.509 bits per heavy atom. The van der Waals surface area contributed by atoms with E-state index in [0.29, 0.717) is 0 Å². The molecule has 258 valence electrons. The van der Waals surface area contributed by atoms with Crippen LogP contribution in [0.15, 0.2) is 121 Å². The Bertz CT molecular complexity index is 2350. The molecule has 0 aliphatic carbocycles. The molecule has 2 aliphatic heterocycles. The van der Waals surface area contributed by atoms with Crippen molar-refractivity contribution in [2.75, 3.05) is 0 Å². The van der Waals surface area contributed by atoms with Crippen molar-refractivity contribution in [2.24, 2.45) is 0 Å². The molecule has 0 saturated heterocycles. The second-order valence-electron chi connectivity index (χ2n) is 13.8. The molecule has 5 heterocycles. The summed E-state index contributed by atoms with van der Waals surface area (Å²) < 4.78 is 0. The number of fused-ring (bicyclic) bond motifs is 8. The van der Waals surface area contributed by atoms with Crippen molar-refractivity contribution in [3.8, 4) is 44.5 Å². The van der Waals surface area contributed by atoms with Gasteiger partial charge in [-0.05, 0) is 96.5 Å². The number of aryl methyl sites for hydroxylation is 4. The minimum atomic E-state index is 0. The van der Waals surface area contributed by atoms with Crippen molar-refractivity contribution in [3.63, 3.8) is 0 Å². The summed E-state index contributed by atoms with van der Waals surface area (Å²) in [5.74, 6) is 0. The van der Waals surface area contributed by atoms with Crippen molar-refractivity contribution < 1.29 is 16.5 Å². The van der Waals surface area contributed by atoms with Crippen LogP contribution in [-0.2, 0) is 16.5 Å². The minimum absolute atomic E-state index is 0. The second-order valence-corrected chi connectivity index (χ2v) is 13.8. The van der Waals surface area contributed by atoms with Crippen molar-refractivity contribution in [2.45, 2.75) is 27.7 Å². The fourth-order valence-electron chi connectivity index (χ4n) is 7.15. The number of hydrogen-bond acceptors (Lipinski definition) is 2. The van der Waals surface area contributed by atoms with Gasteiger partial charge < -0.3 is 9.97 Å². The van der Waals surface area contributed by atoms with Crippen LogP contribution >= 0.6 is 0 Å². The van der Waals surface area contributed by atoms with Crippen LogP contribution in [-0.4, -0.2) is 9.97 Å². The van der Waals surface area contributed by atoms with Gasteiger partial charge in [0.15, 0.2) is 0 Å². The molecule has 0 spiro atoms. The third kappa shape index (κ3) is 6.39. The summed E-state index contributed by atoms with van der Waals surface area (Å²) >= 11 is 0. The Balaban J connectivity index is 0.00000400. The third-order valence-corrected chi connectivity index (χ3v) is 9.97. The van der Waals surface area contributed by atoms with Gasteiger partial charge in [-0.2, -0.15) is 0 Å². The summed E-state index contributed by atoms with van der Waals surface area (Å²) in [6, 6.07) is 43.0. The molecule has 4 nitrogen and oxygen atoms in total. The van der Waals surface area contributed by atoms with E-state index in [1.807, 2.05) is 0 Å². The van der Waals surface area contributed by atoms with Crippen LogP contribution in [0.5, 0.6) is 0 Å². The Morgan fingerprint density at radius 1 is 0.302 bits per heavy atom. The first-order valence-electron chi connectivity index (χ1n) is 17.7. The van der Waals surface area contributed by atoms with Crippen LogP contribution in [0.3, 0.4) is 0 Å². The molecule has 3 aromatic heterocycles. The maximum Gasteiger partial charge on any atom is 2.00 e. The molecule has 7 aromatic rings. The van der Waals surface area contributed by atoms with Gasteiger partial charge in [-0.1, -0.05) is 144 Å². The smallest absolute Gasteiger partial charge is 0.657 e. The summed E-state index contributed by atoms with van der Waals surface area (Å²) in [4.78, 5) is 21.5. The predicted molar refractivity (Wildman–Crippen MR) is 217 cm³/mol. The Morgan fingerprint density at radius 3 is 0.717 bits per heavy atom. The molecular formula is C48H36N4Ni. The number of rotatable bonds is 4. The van der Waals surface area contributed by atoms with Crippen molar-refractivity contribution in [1.82, 2.24) is 19.9 Å². The number of hydrogen-bond donors (Lipinski definition) is 0. The summed E-state index contributed by atoms with van der Waals surface area (Å²) in [6.07, 6.45) is 8.48. The largest absolute Gasteiger partial charge is 2.00 e. The molecule has 0 fully saturated rings. The van der Waals surface area contributed by atoms with Crippen molar-refractivity contribution >= 4 is 46.4 Å². The normalized spacial score (nSPS) is 11.8. The summed E-state index contributed by atoms with van der Waals surface area (Å²) in [7, 11) is 0. The molecule has 0 saturated carbocycles. The van der Waals surface area contributed by atoms with Gasteiger partial charge >= 0.3 is 16.5 Å². The maximum atomic E-state index is 5.37. The second kappa shape index (κ2) is 13.8. The Hall–Kier alpha value is -6.03. The Labute approximate surface area is 320 Å². The van der Waals surface area contributed by atoms with Crippen molar-refractivity contribution in [3.05, 3.63) is 166 Å². The zero-order valence-corrected chi connectivity index (χ0v) is 30.9. The van der Waals surface area contributed by atoms with E-state index in [4.69, 9.17) is 19.9 Å². The SMILES string of the molecule is Cc1ccc(-c2c3nc(c(-c4ccc(C)cc4)c4ccc([n-]4)c(-c4ccc(C)cc4)c4nc(c(-c5ccc(C)cc5)c5ccc2[n-]5)C=C4)C=C3)cc1.[Ni+2]. The molecule has 0 amide bonds. The number of aromatic nitrogens is 4. The van der Waals surface area contributed by atoms with Gasteiger partial charge in [-0.25, -0.2) is 9.97 Å². The van der Waals surface area contributed by atoms with Gasteiger partial charge in [0, 0.05) is 0 Å². The van der Waals surface area contributed by atoms with E-state index in [-0.39, 0.29) is 16.5 Å². The summed E-state index contributed by atoms with van der Waals surface area (Å²) in [6.45, 7) is 8.45. The van der Waals surface area contributed by atoms with Gasteiger partial charge in [-0.3, -0.25) is 0 Å². The molecule has 8 bridgehead atoms. The molecule has 53 heavy (non-hydrogen) atoms. The first-order valence-corrected chi connectivity index (χ1v) is 17.7. The zero-order valence-electron chi connectivity index (χ0n) is 30.0. The maximum absolute atomic E-state index is 5.37. The van der Waals surface area contributed by atoms with E-state index in [1.165, 1.54) is 22.3 Å². The van der Waals surface area contributed by atoms with Crippen LogP contribution in [0.2, 0.25) is 0 Å². The minimum Gasteiger partial charge on any atom is -0.657 e. The molecule has 4 aromatic carbocycles. The van der Waals surface area contributed by atoms with E-state index in [0.717, 1.165) is 89.4 Å². The molecule has 0 N–H and O–H groups in total. The molecular weight excluding hydrogens is 691 g/mol. The quantitative estimate of drug-likeness (QED) is 0.169. The van der Waals surface area contributed by atoms with E-state index in [2.05, 4.69) is 173 Å². The number of benzene rings is 4. The van der Waals surface area contributed by atoms with E-state index in [9.17, 15) is 0 Å². The third-order valence-electron chi connectivity index (χ3n) is 9.97. The zero-order chi connectivity index (χ0) is 35.3. The van der Waals surface area contributed by atoms with Crippen LogP contribution in [0.1, 0.15) is 45.0 Å². The fourth-order valence-corrected chi connectivity index (χ4v) is 7.15. The number of nitrogens with zero attached hydrogens (tertiary/aromatic N) is 4. The molecule has 0 radical (unpaired) electrons. The van der Waals surface area contributed by atoms with Gasteiger partial charge in [0.1, 0.15) is 0 Å². The molecule has 0 unspecified atom stereocenters. The van der Waals surface area contributed by atoms with Gasteiger partial charge in [0.2, 0.25) is 0 Å². The van der Waals surface area contributed by atoms with Gasteiger partial charge in [0.05, 0.1) is 22.8 Å². The first-order chi connectivity index (χ1) is 25.4. The van der Waals surface area contributed by atoms with Gasteiger partial charge in [-0.15, -0.1) is 22.1 Å². The average molecular weight is 728 g/mol. The standard InChI is InChI=1S/C48H36N4.Ni/c1-29-5-13-33(14-6-29)45-37-21-23-39(49-37)46(34-15-7-30(2)8-16-34)41-25-27-43(51-41)48(36-19-11-32(4)12-20-36)44-28-26-42(52-44)47(40-24-22-38(45)50-40)35-17-9-31(3)10-18-35;/h5-28H,1-4H3;/q-2;+2. The monoisotopic (exact) mass is 726 g/mol. The Kier molecular flexibility index (Phi) is 8.90. The average Bonchev–Trinajstić information content (AvgIpc) is 3.99. The van der Waals surface area contributed by atoms with Crippen LogP contribution in [0.4, 0.5) is 0 Å². The van der Waals surface area contributed by atoms with E-state index in [1.54, 1.807) is 0 Å². The van der Waals surface area contributed by atoms with Crippen LogP contribution in [0.25, 0.3) is 90.9 Å². The van der Waals surface area contributed by atoms with Gasteiger partial charge in [0.25, 0.3) is 0 Å². The summed E-state index contributed by atoms with van der Waals surface area (Å²) in [5, 5.41) is 0.